The lowest BCUT2D eigenvalue weighted by molar-refractivity contribution is 0.120. The predicted octanol–water partition coefficient (Wildman–Crippen LogP) is 1.07. The summed E-state index contributed by atoms with van der Waals surface area (Å²) in [6.45, 7) is 3.68. The van der Waals surface area contributed by atoms with Gasteiger partial charge in [-0.2, -0.15) is 5.10 Å². The molecule has 15 heavy (non-hydrogen) atoms. The van der Waals surface area contributed by atoms with Gasteiger partial charge < -0.3 is 9.64 Å². The Morgan fingerprint density at radius 2 is 2.47 bits per heavy atom. The molecule has 0 spiro atoms. The van der Waals surface area contributed by atoms with E-state index in [0.717, 1.165) is 39.1 Å². The van der Waals surface area contributed by atoms with E-state index in [1.807, 2.05) is 6.20 Å². The summed E-state index contributed by atoms with van der Waals surface area (Å²) in [7, 11) is 0. The fourth-order valence-electron chi connectivity index (χ4n) is 2.23. The normalized spacial score (nSPS) is 21.1. The Labute approximate surface area is 88.9 Å². The summed E-state index contributed by atoms with van der Waals surface area (Å²) in [4.78, 5) is 2.40. The molecule has 3 heterocycles. The van der Waals surface area contributed by atoms with Crippen LogP contribution < -0.4 is 0 Å². The van der Waals surface area contributed by atoms with Crippen LogP contribution in [0.3, 0.4) is 0 Å². The van der Waals surface area contributed by atoms with Gasteiger partial charge in [-0.25, -0.2) is 0 Å². The van der Waals surface area contributed by atoms with Crippen LogP contribution >= 0.6 is 0 Å². The highest BCUT2D eigenvalue weighted by atomic mass is 16.5. The molecule has 0 saturated carbocycles. The molecule has 2 aliphatic heterocycles. The maximum absolute atomic E-state index is 5.47. The molecule has 1 N–H and O–H groups in total. The van der Waals surface area contributed by atoms with Gasteiger partial charge >= 0.3 is 0 Å². The van der Waals surface area contributed by atoms with Crippen LogP contribution in [0.4, 0.5) is 0 Å². The number of H-pyrrole nitrogens is 1. The van der Waals surface area contributed by atoms with Crippen LogP contribution in [-0.2, 0) is 17.7 Å². The molecule has 1 aromatic heterocycles. The van der Waals surface area contributed by atoms with Crippen molar-refractivity contribution in [3.63, 3.8) is 0 Å². The van der Waals surface area contributed by atoms with Gasteiger partial charge in [0, 0.05) is 37.0 Å². The molecule has 0 fully saturated rings. The molecule has 4 nitrogen and oxygen atoms in total. The molecule has 0 radical (unpaired) electrons. The SMILES string of the molecule is C1=C(N2CCc3n[nH]cc3C2)COCC1. The molecule has 0 unspecified atom stereocenters. The highest BCUT2D eigenvalue weighted by molar-refractivity contribution is 5.21. The minimum Gasteiger partial charge on any atom is -0.375 e. The first kappa shape index (κ1) is 8.97. The largest absolute Gasteiger partial charge is 0.375 e. The summed E-state index contributed by atoms with van der Waals surface area (Å²) in [5.74, 6) is 0. The third-order valence-electron chi connectivity index (χ3n) is 3.09. The Morgan fingerprint density at radius 1 is 1.47 bits per heavy atom. The predicted molar refractivity (Wildman–Crippen MR) is 56.2 cm³/mol. The smallest absolute Gasteiger partial charge is 0.0861 e. The zero-order chi connectivity index (χ0) is 10.1. The number of ether oxygens (including phenoxy) is 1. The van der Waals surface area contributed by atoms with E-state index in [4.69, 9.17) is 4.74 Å². The molecule has 4 heteroatoms. The topological polar surface area (TPSA) is 41.2 Å². The van der Waals surface area contributed by atoms with Gasteiger partial charge in [0.25, 0.3) is 0 Å². The van der Waals surface area contributed by atoms with Crippen LogP contribution in [0.1, 0.15) is 17.7 Å². The van der Waals surface area contributed by atoms with Crippen molar-refractivity contribution in [1.29, 1.82) is 0 Å². The van der Waals surface area contributed by atoms with E-state index in [2.05, 4.69) is 21.2 Å². The van der Waals surface area contributed by atoms with E-state index in [0.29, 0.717) is 0 Å². The lowest BCUT2D eigenvalue weighted by atomic mass is 10.1. The lowest BCUT2D eigenvalue weighted by Gasteiger charge is -2.32. The third-order valence-corrected chi connectivity index (χ3v) is 3.09. The summed E-state index contributed by atoms with van der Waals surface area (Å²) in [6.07, 6.45) is 6.39. The van der Waals surface area contributed by atoms with Crippen LogP contribution in [0.2, 0.25) is 0 Å². The highest BCUT2D eigenvalue weighted by Crippen LogP contribution is 2.21. The first-order valence-corrected chi connectivity index (χ1v) is 5.47. The maximum atomic E-state index is 5.47. The Kier molecular flexibility index (Phi) is 2.21. The van der Waals surface area contributed by atoms with Crippen molar-refractivity contribution in [3.05, 3.63) is 29.2 Å². The first-order chi connectivity index (χ1) is 7.43. The van der Waals surface area contributed by atoms with Crippen LogP contribution in [0.25, 0.3) is 0 Å². The number of fused-ring (bicyclic) bond motifs is 1. The van der Waals surface area contributed by atoms with Gasteiger partial charge in [-0.3, -0.25) is 5.10 Å². The number of rotatable bonds is 1. The fourth-order valence-corrected chi connectivity index (χ4v) is 2.23. The fraction of sp³-hybridized carbons (Fsp3) is 0.545. The van der Waals surface area contributed by atoms with Gasteiger partial charge in [-0.15, -0.1) is 0 Å². The van der Waals surface area contributed by atoms with E-state index < -0.39 is 0 Å². The van der Waals surface area contributed by atoms with Gasteiger partial charge in [0.2, 0.25) is 0 Å². The van der Waals surface area contributed by atoms with Gasteiger partial charge in [-0.1, -0.05) is 6.08 Å². The number of hydrogen-bond donors (Lipinski definition) is 1. The van der Waals surface area contributed by atoms with E-state index in [-0.39, 0.29) is 0 Å². The quantitative estimate of drug-likeness (QED) is 0.745. The van der Waals surface area contributed by atoms with E-state index >= 15 is 0 Å². The zero-order valence-corrected chi connectivity index (χ0v) is 8.70. The molecule has 1 aromatic rings. The number of aromatic nitrogens is 2. The molecular weight excluding hydrogens is 190 g/mol. The molecule has 80 valence electrons. The van der Waals surface area contributed by atoms with Crippen molar-refractivity contribution in [1.82, 2.24) is 15.1 Å². The second-order valence-corrected chi connectivity index (χ2v) is 4.07. The summed E-state index contributed by atoms with van der Waals surface area (Å²) in [5.41, 5.74) is 3.89. The van der Waals surface area contributed by atoms with E-state index in [1.165, 1.54) is 17.0 Å². The molecule has 0 amide bonds. The van der Waals surface area contributed by atoms with Crippen molar-refractivity contribution in [2.75, 3.05) is 19.8 Å². The van der Waals surface area contributed by atoms with Gasteiger partial charge in [0.15, 0.2) is 0 Å². The Morgan fingerprint density at radius 3 is 3.33 bits per heavy atom. The molecule has 0 aromatic carbocycles. The maximum Gasteiger partial charge on any atom is 0.0861 e. The molecular formula is C11H15N3O. The van der Waals surface area contributed by atoms with Crippen molar-refractivity contribution in [3.8, 4) is 0 Å². The third kappa shape index (κ3) is 1.65. The van der Waals surface area contributed by atoms with Crippen LogP contribution in [0.5, 0.6) is 0 Å². The molecule has 2 aliphatic rings. The number of nitrogens with zero attached hydrogens (tertiary/aromatic N) is 2. The van der Waals surface area contributed by atoms with Gasteiger partial charge in [0.05, 0.1) is 18.9 Å². The number of hydrogen-bond acceptors (Lipinski definition) is 3. The summed E-state index contributed by atoms with van der Waals surface area (Å²) in [5, 5.41) is 7.17. The second kappa shape index (κ2) is 3.70. The molecule has 0 saturated heterocycles. The first-order valence-electron chi connectivity index (χ1n) is 5.47. The minimum atomic E-state index is 0.771. The average Bonchev–Trinajstić information content (AvgIpc) is 2.77. The monoisotopic (exact) mass is 205 g/mol. The average molecular weight is 205 g/mol. The van der Waals surface area contributed by atoms with Gasteiger partial charge in [0.1, 0.15) is 0 Å². The van der Waals surface area contributed by atoms with Crippen molar-refractivity contribution in [2.24, 2.45) is 0 Å². The van der Waals surface area contributed by atoms with Crippen LogP contribution in [0, 0.1) is 0 Å². The van der Waals surface area contributed by atoms with Crippen molar-refractivity contribution < 1.29 is 4.74 Å². The molecule has 3 rings (SSSR count). The summed E-state index contributed by atoms with van der Waals surface area (Å²) < 4.78 is 5.47. The molecule has 0 bridgehead atoms. The van der Waals surface area contributed by atoms with E-state index in [9.17, 15) is 0 Å². The molecule has 0 atom stereocenters. The van der Waals surface area contributed by atoms with Crippen LogP contribution in [0.15, 0.2) is 18.0 Å². The van der Waals surface area contributed by atoms with Gasteiger partial charge in [-0.05, 0) is 6.42 Å². The highest BCUT2D eigenvalue weighted by Gasteiger charge is 2.20. The summed E-state index contributed by atoms with van der Waals surface area (Å²) >= 11 is 0. The standard InChI is InChI=1S/C11H15N3O/c1-2-10(8-15-5-1)14-4-3-11-9(7-14)6-12-13-11/h2,6H,1,3-5,7-8H2,(H,12,13). The summed E-state index contributed by atoms with van der Waals surface area (Å²) in [6, 6.07) is 0. The van der Waals surface area contributed by atoms with Crippen molar-refractivity contribution in [2.45, 2.75) is 19.4 Å². The van der Waals surface area contributed by atoms with E-state index in [1.54, 1.807) is 0 Å². The second-order valence-electron chi connectivity index (χ2n) is 4.07. The Hall–Kier alpha value is -1.29. The zero-order valence-electron chi connectivity index (χ0n) is 8.70. The lowest BCUT2D eigenvalue weighted by Crippen LogP contribution is -2.32. The molecule has 0 aliphatic carbocycles. The Balaban J connectivity index is 1.78. The van der Waals surface area contributed by atoms with Crippen molar-refractivity contribution >= 4 is 0 Å². The number of nitrogens with one attached hydrogen (secondary N) is 1. The number of aromatic amines is 1. The Bertz CT molecular complexity index is 383. The van der Waals surface area contributed by atoms with Crippen LogP contribution in [-0.4, -0.2) is 34.9 Å². The minimum absolute atomic E-state index is 0.771.